The van der Waals surface area contributed by atoms with Gasteiger partial charge in [-0.3, -0.25) is 25.2 Å². The third kappa shape index (κ3) is 6.38. The van der Waals surface area contributed by atoms with Gasteiger partial charge >= 0.3 is 0 Å². The van der Waals surface area contributed by atoms with E-state index in [0.717, 1.165) is 12.8 Å². The molecule has 1 aromatic heterocycles. The number of benzene rings is 1. The second-order valence-corrected chi connectivity index (χ2v) is 6.92. The zero-order valence-electron chi connectivity index (χ0n) is 15.9. The van der Waals surface area contributed by atoms with Gasteiger partial charge in [0, 0.05) is 18.4 Å². The highest BCUT2D eigenvalue weighted by Gasteiger charge is 2.13. The molecule has 2 rings (SSSR count). The number of hydrazine groups is 1. The summed E-state index contributed by atoms with van der Waals surface area (Å²) in [7, 11) is 1.50. The van der Waals surface area contributed by atoms with Crippen LogP contribution in [0.3, 0.4) is 0 Å². The number of ether oxygens (including phenoxy) is 2. The highest BCUT2D eigenvalue weighted by Crippen LogP contribution is 2.28. The van der Waals surface area contributed by atoms with Crippen LogP contribution in [0.2, 0.25) is 0 Å². The van der Waals surface area contributed by atoms with Crippen LogP contribution < -0.4 is 20.3 Å². The SMILES string of the molecule is CCCCOc1ccc(C(=O)NNC(=O)CCC(=O)c2cccs2)cc1OC. The first-order chi connectivity index (χ1) is 13.5. The van der Waals surface area contributed by atoms with Crippen LogP contribution in [-0.2, 0) is 4.79 Å². The monoisotopic (exact) mass is 404 g/mol. The molecule has 8 heteroatoms. The summed E-state index contributed by atoms with van der Waals surface area (Å²) in [5.41, 5.74) is 4.97. The van der Waals surface area contributed by atoms with Gasteiger partial charge in [0.2, 0.25) is 5.91 Å². The number of amides is 2. The van der Waals surface area contributed by atoms with E-state index in [1.807, 2.05) is 5.38 Å². The van der Waals surface area contributed by atoms with E-state index in [4.69, 9.17) is 9.47 Å². The van der Waals surface area contributed by atoms with Crippen LogP contribution in [0, 0.1) is 0 Å². The number of rotatable bonds is 10. The van der Waals surface area contributed by atoms with Crippen LogP contribution in [0.4, 0.5) is 0 Å². The molecule has 0 bridgehead atoms. The van der Waals surface area contributed by atoms with Gasteiger partial charge in [0.05, 0.1) is 18.6 Å². The van der Waals surface area contributed by atoms with E-state index in [1.165, 1.54) is 18.4 Å². The molecule has 1 heterocycles. The van der Waals surface area contributed by atoms with Crippen molar-refractivity contribution in [1.29, 1.82) is 0 Å². The summed E-state index contributed by atoms with van der Waals surface area (Å²) >= 11 is 1.34. The molecule has 0 fully saturated rings. The van der Waals surface area contributed by atoms with Gasteiger partial charge in [0.1, 0.15) is 0 Å². The predicted octanol–water partition coefficient (Wildman–Crippen LogP) is 3.36. The van der Waals surface area contributed by atoms with E-state index in [0.29, 0.717) is 28.5 Å². The largest absolute Gasteiger partial charge is 0.493 e. The Kier molecular flexibility index (Phi) is 8.48. The van der Waals surface area contributed by atoms with E-state index < -0.39 is 11.8 Å². The quantitative estimate of drug-likeness (QED) is 0.360. The fourth-order valence-electron chi connectivity index (χ4n) is 2.30. The lowest BCUT2D eigenvalue weighted by atomic mass is 10.2. The first-order valence-corrected chi connectivity index (χ1v) is 9.89. The molecule has 0 atom stereocenters. The second-order valence-electron chi connectivity index (χ2n) is 5.97. The molecular weight excluding hydrogens is 380 g/mol. The van der Waals surface area contributed by atoms with Crippen molar-refractivity contribution < 1.29 is 23.9 Å². The topological polar surface area (TPSA) is 93.7 Å². The van der Waals surface area contributed by atoms with E-state index in [1.54, 1.807) is 30.3 Å². The summed E-state index contributed by atoms with van der Waals surface area (Å²) in [4.78, 5) is 36.6. The fourth-order valence-corrected chi connectivity index (χ4v) is 3.00. The van der Waals surface area contributed by atoms with Gasteiger partial charge in [0.15, 0.2) is 17.3 Å². The summed E-state index contributed by atoms with van der Waals surface area (Å²) in [5.74, 6) is -0.0267. The molecule has 28 heavy (non-hydrogen) atoms. The Morgan fingerprint density at radius 1 is 1.07 bits per heavy atom. The Labute approximate surface area is 168 Å². The Bertz CT molecular complexity index is 805. The summed E-state index contributed by atoms with van der Waals surface area (Å²) < 4.78 is 10.9. The van der Waals surface area contributed by atoms with Crippen LogP contribution in [0.15, 0.2) is 35.7 Å². The number of carbonyl (C=O) groups excluding carboxylic acids is 3. The van der Waals surface area contributed by atoms with Gasteiger partial charge < -0.3 is 9.47 Å². The molecule has 0 aliphatic rings. The molecule has 0 saturated heterocycles. The molecular formula is C20H24N2O5S. The van der Waals surface area contributed by atoms with Crippen molar-refractivity contribution in [2.75, 3.05) is 13.7 Å². The summed E-state index contributed by atoms with van der Waals surface area (Å²) in [6, 6.07) is 8.29. The first kappa shape index (κ1) is 21.4. The molecule has 150 valence electrons. The van der Waals surface area contributed by atoms with Gasteiger partial charge in [-0.15, -0.1) is 11.3 Å². The van der Waals surface area contributed by atoms with Crippen molar-refractivity contribution in [3.63, 3.8) is 0 Å². The van der Waals surface area contributed by atoms with Crippen molar-refractivity contribution >= 4 is 28.9 Å². The van der Waals surface area contributed by atoms with Gasteiger partial charge in [-0.1, -0.05) is 19.4 Å². The molecule has 0 unspecified atom stereocenters. The average Bonchev–Trinajstić information content (AvgIpc) is 3.25. The number of methoxy groups -OCH3 is 1. The van der Waals surface area contributed by atoms with Gasteiger partial charge in [-0.05, 0) is 36.1 Å². The fraction of sp³-hybridized carbons (Fsp3) is 0.350. The summed E-state index contributed by atoms with van der Waals surface area (Å²) in [6.45, 7) is 2.64. The zero-order valence-corrected chi connectivity index (χ0v) is 16.8. The number of hydrogen-bond donors (Lipinski definition) is 2. The lowest BCUT2D eigenvalue weighted by Crippen LogP contribution is -2.41. The minimum atomic E-state index is -0.489. The third-order valence-electron chi connectivity index (χ3n) is 3.87. The van der Waals surface area contributed by atoms with Crippen molar-refractivity contribution in [1.82, 2.24) is 10.9 Å². The highest BCUT2D eigenvalue weighted by molar-refractivity contribution is 7.12. The standard InChI is InChI=1S/C20H24N2O5S/c1-3-4-11-27-16-9-7-14(13-17(16)26-2)20(25)22-21-19(24)10-8-15(23)18-6-5-12-28-18/h5-7,9,12-13H,3-4,8,10-11H2,1-2H3,(H,21,24)(H,22,25). The molecule has 0 spiro atoms. The Hall–Kier alpha value is -2.87. The maximum Gasteiger partial charge on any atom is 0.269 e. The normalized spacial score (nSPS) is 10.2. The molecule has 0 aliphatic heterocycles. The summed E-state index contributed by atoms with van der Waals surface area (Å²) in [6.07, 6.45) is 2.01. The van der Waals surface area contributed by atoms with E-state index in [-0.39, 0.29) is 18.6 Å². The lowest BCUT2D eigenvalue weighted by Gasteiger charge is -2.12. The maximum absolute atomic E-state index is 12.2. The van der Waals surface area contributed by atoms with Crippen molar-refractivity contribution in [3.8, 4) is 11.5 Å². The minimum Gasteiger partial charge on any atom is -0.493 e. The minimum absolute atomic E-state index is 0.00938. The Morgan fingerprint density at radius 2 is 1.89 bits per heavy atom. The van der Waals surface area contributed by atoms with Crippen LogP contribution >= 0.6 is 11.3 Å². The van der Waals surface area contributed by atoms with E-state index in [2.05, 4.69) is 17.8 Å². The van der Waals surface area contributed by atoms with E-state index >= 15 is 0 Å². The molecule has 0 radical (unpaired) electrons. The van der Waals surface area contributed by atoms with Crippen molar-refractivity contribution in [2.45, 2.75) is 32.6 Å². The van der Waals surface area contributed by atoms with Crippen LogP contribution in [0.25, 0.3) is 0 Å². The van der Waals surface area contributed by atoms with Gasteiger partial charge in [-0.2, -0.15) is 0 Å². The number of thiophene rings is 1. The number of hydrogen-bond acceptors (Lipinski definition) is 6. The Balaban J connectivity index is 1.83. The average molecular weight is 404 g/mol. The van der Waals surface area contributed by atoms with E-state index in [9.17, 15) is 14.4 Å². The summed E-state index contributed by atoms with van der Waals surface area (Å²) in [5, 5.41) is 1.81. The number of nitrogens with one attached hydrogen (secondary N) is 2. The molecule has 0 aliphatic carbocycles. The molecule has 2 amide bonds. The maximum atomic E-state index is 12.2. The molecule has 2 aromatic rings. The molecule has 2 N–H and O–H groups in total. The van der Waals surface area contributed by atoms with Crippen molar-refractivity contribution in [2.24, 2.45) is 0 Å². The zero-order chi connectivity index (χ0) is 20.4. The third-order valence-corrected chi connectivity index (χ3v) is 4.78. The second kappa shape index (κ2) is 11.1. The first-order valence-electron chi connectivity index (χ1n) is 9.01. The smallest absolute Gasteiger partial charge is 0.269 e. The van der Waals surface area contributed by atoms with Crippen LogP contribution in [-0.4, -0.2) is 31.3 Å². The number of unbranched alkanes of at least 4 members (excludes halogenated alkanes) is 1. The van der Waals surface area contributed by atoms with Gasteiger partial charge in [-0.25, -0.2) is 0 Å². The highest BCUT2D eigenvalue weighted by atomic mass is 32.1. The van der Waals surface area contributed by atoms with Crippen molar-refractivity contribution in [3.05, 3.63) is 46.2 Å². The molecule has 7 nitrogen and oxygen atoms in total. The number of ketones is 1. The van der Waals surface area contributed by atoms with Gasteiger partial charge in [0.25, 0.3) is 5.91 Å². The Morgan fingerprint density at radius 3 is 2.57 bits per heavy atom. The number of carbonyl (C=O) groups is 3. The predicted molar refractivity (Wildman–Crippen MR) is 107 cm³/mol. The van der Waals surface area contributed by atoms with Crippen LogP contribution in [0.5, 0.6) is 11.5 Å². The molecule has 1 aromatic carbocycles. The molecule has 0 saturated carbocycles. The number of Topliss-reactive ketones (excluding diaryl/α,β-unsaturated/α-hetero) is 1. The van der Waals surface area contributed by atoms with Crippen LogP contribution in [0.1, 0.15) is 52.6 Å². The lowest BCUT2D eigenvalue weighted by molar-refractivity contribution is -0.121.